The second-order valence-corrected chi connectivity index (χ2v) is 3.62. The number of hydrogen-bond acceptors (Lipinski definition) is 1. The van der Waals surface area contributed by atoms with Crippen LogP contribution in [0, 0.1) is 5.82 Å². The van der Waals surface area contributed by atoms with Crippen molar-refractivity contribution in [3.05, 3.63) is 40.6 Å². The smallest absolute Gasteiger partial charge is 0.138 e. The average molecular weight is 241 g/mol. The van der Waals surface area contributed by atoms with Gasteiger partial charge in [-0.3, -0.25) is 0 Å². The number of phenolic OH excluding ortho intramolecular Hbond substituents is 1. The Hall–Kier alpha value is -1.09. The van der Waals surface area contributed by atoms with Crippen molar-refractivity contribution in [3.8, 4) is 5.75 Å². The summed E-state index contributed by atoms with van der Waals surface area (Å²) in [6.45, 7) is 0. The molecule has 0 radical (unpaired) electrons. The van der Waals surface area contributed by atoms with Gasteiger partial charge in [0.15, 0.2) is 0 Å². The van der Waals surface area contributed by atoms with Gasteiger partial charge in [-0.2, -0.15) is 0 Å². The van der Waals surface area contributed by atoms with Crippen LogP contribution in [0.5, 0.6) is 5.75 Å². The molecule has 0 aromatic heterocycles. The fraction of sp³-hybridized carbons (Fsp3) is 0. The average Bonchev–Trinajstić information content (AvgIpc) is 2.09. The maximum absolute atomic E-state index is 13.1. The lowest BCUT2D eigenvalue weighted by atomic mass is 10.1. The van der Waals surface area contributed by atoms with Crippen molar-refractivity contribution in [3.63, 3.8) is 0 Å². The summed E-state index contributed by atoms with van der Waals surface area (Å²) in [6.07, 6.45) is 0. The molecule has 0 unspecified atom stereocenters. The Kier molecular flexibility index (Phi) is 1.96. The van der Waals surface area contributed by atoms with Crippen molar-refractivity contribution in [2.24, 2.45) is 0 Å². The van der Waals surface area contributed by atoms with Gasteiger partial charge < -0.3 is 5.11 Å². The highest BCUT2D eigenvalue weighted by molar-refractivity contribution is 9.10. The number of fused-ring (bicyclic) bond motifs is 1. The van der Waals surface area contributed by atoms with Gasteiger partial charge in [-0.15, -0.1) is 0 Å². The third-order valence-corrected chi connectivity index (χ3v) is 2.51. The molecular formula is C10H6BrFO. The first kappa shape index (κ1) is 8.51. The van der Waals surface area contributed by atoms with Crippen LogP contribution < -0.4 is 0 Å². The topological polar surface area (TPSA) is 20.2 Å². The van der Waals surface area contributed by atoms with Crippen LogP contribution in [0.15, 0.2) is 34.8 Å². The summed E-state index contributed by atoms with van der Waals surface area (Å²) in [5, 5.41) is 10.7. The Balaban J connectivity index is 2.89. The second kappa shape index (κ2) is 3.00. The molecule has 0 aliphatic carbocycles. The molecule has 0 aliphatic rings. The van der Waals surface area contributed by atoms with Gasteiger partial charge in [0.05, 0.1) is 4.47 Å². The van der Waals surface area contributed by atoms with Gasteiger partial charge in [0.25, 0.3) is 0 Å². The molecule has 1 N–H and O–H groups in total. The Morgan fingerprint density at radius 1 is 1.23 bits per heavy atom. The standard InChI is InChI=1S/C10H6BrFO/c11-8-4-6-2-1-3-10(13)7(6)5-9(8)12/h1-5,13H. The highest BCUT2D eigenvalue weighted by atomic mass is 79.9. The fourth-order valence-electron chi connectivity index (χ4n) is 1.25. The zero-order chi connectivity index (χ0) is 9.42. The van der Waals surface area contributed by atoms with E-state index in [9.17, 15) is 9.50 Å². The largest absolute Gasteiger partial charge is 0.507 e. The van der Waals surface area contributed by atoms with E-state index in [4.69, 9.17) is 0 Å². The monoisotopic (exact) mass is 240 g/mol. The van der Waals surface area contributed by atoms with Gasteiger partial charge in [0.2, 0.25) is 0 Å². The van der Waals surface area contributed by atoms with Crippen LogP contribution in [0.2, 0.25) is 0 Å². The first-order valence-electron chi connectivity index (χ1n) is 3.75. The van der Waals surface area contributed by atoms with Crippen molar-refractivity contribution in [1.82, 2.24) is 0 Å². The molecule has 2 aromatic rings. The molecule has 66 valence electrons. The number of benzene rings is 2. The highest BCUT2D eigenvalue weighted by Gasteiger charge is 2.04. The third-order valence-electron chi connectivity index (χ3n) is 1.90. The molecule has 0 amide bonds. The van der Waals surface area contributed by atoms with Crippen LogP contribution in [-0.4, -0.2) is 5.11 Å². The first-order valence-corrected chi connectivity index (χ1v) is 4.54. The summed E-state index contributed by atoms with van der Waals surface area (Å²) in [7, 11) is 0. The maximum Gasteiger partial charge on any atom is 0.138 e. The SMILES string of the molecule is Oc1cccc2cc(Br)c(F)cc12. The lowest BCUT2D eigenvalue weighted by Crippen LogP contribution is -1.79. The van der Waals surface area contributed by atoms with Crippen LogP contribution in [0.25, 0.3) is 10.8 Å². The van der Waals surface area contributed by atoms with Crippen LogP contribution in [0.4, 0.5) is 4.39 Å². The maximum atomic E-state index is 13.1. The van der Waals surface area contributed by atoms with Crippen LogP contribution in [0.1, 0.15) is 0 Å². The molecule has 0 heterocycles. The van der Waals surface area contributed by atoms with Gasteiger partial charge in [-0.25, -0.2) is 4.39 Å². The summed E-state index contributed by atoms with van der Waals surface area (Å²) in [5.41, 5.74) is 0. The molecule has 0 bridgehead atoms. The summed E-state index contributed by atoms with van der Waals surface area (Å²) < 4.78 is 13.5. The van der Waals surface area contributed by atoms with Gasteiger partial charge in [-0.1, -0.05) is 12.1 Å². The van der Waals surface area contributed by atoms with E-state index >= 15 is 0 Å². The number of hydrogen-bond donors (Lipinski definition) is 1. The van der Waals surface area contributed by atoms with Crippen LogP contribution in [-0.2, 0) is 0 Å². The number of phenols is 1. The quantitative estimate of drug-likeness (QED) is 0.748. The molecular weight excluding hydrogens is 235 g/mol. The van der Waals surface area contributed by atoms with E-state index in [1.807, 2.05) is 6.07 Å². The molecule has 13 heavy (non-hydrogen) atoms. The van der Waals surface area contributed by atoms with E-state index in [1.54, 1.807) is 12.1 Å². The van der Waals surface area contributed by atoms with Crippen molar-refractivity contribution < 1.29 is 9.50 Å². The summed E-state index contributed by atoms with van der Waals surface area (Å²) >= 11 is 3.08. The molecule has 0 spiro atoms. The Morgan fingerprint density at radius 2 is 2.00 bits per heavy atom. The van der Waals surface area contributed by atoms with E-state index in [2.05, 4.69) is 15.9 Å². The first-order chi connectivity index (χ1) is 6.18. The molecule has 3 heteroatoms. The summed E-state index contributed by atoms with van der Waals surface area (Å²) in [5.74, 6) is -0.266. The van der Waals surface area contributed by atoms with E-state index in [-0.39, 0.29) is 11.6 Å². The zero-order valence-electron chi connectivity index (χ0n) is 6.59. The van der Waals surface area contributed by atoms with Crippen molar-refractivity contribution in [2.75, 3.05) is 0 Å². The lowest BCUT2D eigenvalue weighted by Gasteiger charge is -2.01. The highest BCUT2D eigenvalue weighted by Crippen LogP contribution is 2.28. The fourth-order valence-corrected chi connectivity index (χ4v) is 1.62. The van der Waals surface area contributed by atoms with Crippen molar-refractivity contribution >= 4 is 26.7 Å². The Labute approximate surface area is 82.9 Å². The second-order valence-electron chi connectivity index (χ2n) is 2.76. The van der Waals surface area contributed by atoms with Crippen molar-refractivity contribution in [2.45, 2.75) is 0 Å². The Morgan fingerprint density at radius 3 is 2.77 bits per heavy atom. The van der Waals surface area contributed by atoms with E-state index in [0.29, 0.717) is 9.86 Å². The van der Waals surface area contributed by atoms with Crippen LogP contribution >= 0.6 is 15.9 Å². The number of aromatic hydroxyl groups is 1. The van der Waals surface area contributed by atoms with E-state index in [1.165, 1.54) is 12.1 Å². The number of rotatable bonds is 0. The molecule has 0 atom stereocenters. The molecule has 1 nitrogen and oxygen atoms in total. The lowest BCUT2D eigenvalue weighted by molar-refractivity contribution is 0.481. The van der Waals surface area contributed by atoms with E-state index < -0.39 is 0 Å². The molecule has 2 rings (SSSR count). The predicted octanol–water partition coefficient (Wildman–Crippen LogP) is 3.45. The predicted molar refractivity (Wildman–Crippen MR) is 53.3 cm³/mol. The molecule has 0 fully saturated rings. The molecule has 0 aliphatic heterocycles. The van der Waals surface area contributed by atoms with Gasteiger partial charge in [-0.05, 0) is 39.5 Å². The normalized spacial score (nSPS) is 10.6. The minimum absolute atomic E-state index is 0.101. The Bertz CT molecular complexity index is 468. The number of halogens is 2. The molecule has 0 saturated heterocycles. The molecule has 0 saturated carbocycles. The van der Waals surface area contributed by atoms with Crippen molar-refractivity contribution in [1.29, 1.82) is 0 Å². The summed E-state index contributed by atoms with van der Waals surface area (Å²) in [6, 6.07) is 8.04. The minimum Gasteiger partial charge on any atom is -0.507 e. The summed E-state index contributed by atoms with van der Waals surface area (Å²) in [4.78, 5) is 0. The zero-order valence-corrected chi connectivity index (χ0v) is 8.18. The van der Waals surface area contributed by atoms with Gasteiger partial charge in [0.1, 0.15) is 11.6 Å². The van der Waals surface area contributed by atoms with E-state index in [0.717, 1.165) is 5.39 Å². The minimum atomic E-state index is -0.367. The van der Waals surface area contributed by atoms with Gasteiger partial charge in [0, 0.05) is 5.39 Å². The third kappa shape index (κ3) is 1.40. The van der Waals surface area contributed by atoms with Gasteiger partial charge >= 0.3 is 0 Å². The van der Waals surface area contributed by atoms with Crippen LogP contribution in [0.3, 0.4) is 0 Å². The molecule has 2 aromatic carbocycles.